The van der Waals surface area contributed by atoms with Crippen LogP contribution in [0, 0.1) is 17.1 Å². The van der Waals surface area contributed by atoms with Gasteiger partial charge in [0.15, 0.2) is 11.5 Å². The van der Waals surface area contributed by atoms with Gasteiger partial charge < -0.3 is 19.5 Å². The van der Waals surface area contributed by atoms with Crippen molar-refractivity contribution < 1.29 is 23.4 Å². The van der Waals surface area contributed by atoms with Crippen molar-refractivity contribution in [2.45, 2.75) is 6.61 Å². The highest BCUT2D eigenvalue weighted by Gasteiger charge is 2.14. The van der Waals surface area contributed by atoms with E-state index >= 15 is 0 Å². The molecule has 1 N–H and O–H groups in total. The lowest BCUT2D eigenvalue weighted by atomic mass is 10.1. The normalized spacial score (nSPS) is 10.8. The number of nitrogens with one attached hydrogen (secondary N) is 1. The van der Waals surface area contributed by atoms with Gasteiger partial charge in [0.05, 0.1) is 18.7 Å². The molecule has 168 valence electrons. The van der Waals surface area contributed by atoms with Gasteiger partial charge in [-0.15, -0.1) is 0 Å². The van der Waals surface area contributed by atoms with Gasteiger partial charge in [0, 0.05) is 5.69 Å². The minimum Gasteiger partial charge on any atom is -0.497 e. The fraction of sp³-hybridized carbons (Fsp3) is 0.120. The Morgan fingerprint density at radius 3 is 2.52 bits per heavy atom. The summed E-state index contributed by atoms with van der Waals surface area (Å²) in [5, 5.41) is 12.2. The van der Waals surface area contributed by atoms with Crippen molar-refractivity contribution in [1.29, 1.82) is 5.26 Å². The Bertz CT molecular complexity index is 1220. The van der Waals surface area contributed by atoms with Crippen molar-refractivity contribution in [3.05, 3.63) is 87.7 Å². The monoisotopic (exact) mass is 510 g/mol. The third-order valence-electron chi connectivity index (χ3n) is 4.55. The molecule has 0 spiro atoms. The smallest absolute Gasteiger partial charge is 0.266 e. The molecule has 0 heterocycles. The number of benzene rings is 3. The molecule has 33 heavy (non-hydrogen) atoms. The maximum atomic E-state index is 13.4. The number of rotatable bonds is 8. The minimum atomic E-state index is -0.552. The molecule has 0 unspecified atom stereocenters. The molecule has 1 amide bonds. The van der Waals surface area contributed by atoms with Gasteiger partial charge in [-0.3, -0.25) is 4.79 Å². The van der Waals surface area contributed by atoms with E-state index in [9.17, 15) is 14.4 Å². The number of nitrogens with zero attached hydrogens (tertiary/aromatic N) is 1. The number of ether oxygens (including phenoxy) is 3. The second-order valence-electron chi connectivity index (χ2n) is 6.81. The SMILES string of the molecule is COc1ccc(NC(=O)/C(C#N)=C\c2cc(Br)c(OCc3cccc(F)c3)c(OC)c2)cc1. The molecule has 0 bridgehead atoms. The first-order valence-corrected chi connectivity index (χ1v) is 10.5. The van der Waals surface area contributed by atoms with Crippen LogP contribution in [-0.2, 0) is 11.4 Å². The molecule has 8 heteroatoms. The fourth-order valence-electron chi connectivity index (χ4n) is 2.93. The molecule has 3 aromatic carbocycles. The van der Waals surface area contributed by atoms with Crippen LogP contribution in [0.25, 0.3) is 6.08 Å². The van der Waals surface area contributed by atoms with Crippen molar-refractivity contribution in [2.75, 3.05) is 19.5 Å². The largest absolute Gasteiger partial charge is 0.497 e. The van der Waals surface area contributed by atoms with E-state index in [2.05, 4.69) is 21.2 Å². The van der Waals surface area contributed by atoms with Crippen LogP contribution in [-0.4, -0.2) is 20.1 Å². The highest BCUT2D eigenvalue weighted by molar-refractivity contribution is 9.10. The standard InChI is InChI=1S/C25H20BrFN2O4/c1-31-21-8-6-20(7-9-21)29-25(30)18(14-28)10-17-12-22(26)24(23(13-17)32-2)33-15-16-4-3-5-19(27)11-16/h3-13H,15H2,1-2H3,(H,29,30)/b18-10-. The van der Waals surface area contributed by atoms with Crippen molar-refractivity contribution in [3.8, 4) is 23.3 Å². The Labute approximate surface area is 199 Å². The summed E-state index contributed by atoms with van der Waals surface area (Å²) < 4.78 is 30.3. The zero-order valence-corrected chi connectivity index (χ0v) is 19.5. The van der Waals surface area contributed by atoms with E-state index in [-0.39, 0.29) is 18.0 Å². The highest BCUT2D eigenvalue weighted by Crippen LogP contribution is 2.38. The predicted molar refractivity (Wildman–Crippen MR) is 127 cm³/mol. The maximum Gasteiger partial charge on any atom is 0.266 e. The number of methoxy groups -OCH3 is 2. The molecule has 0 aromatic heterocycles. The van der Waals surface area contributed by atoms with Crippen LogP contribution in [0.15, 0.2) is 70.7 Å². The predicted octanol–water partition coefficient (Wildman–Crippen LogP) is 5.73. The van der Waals surface area contributed by atoms with Gasteiger partial charge in [0.1, 0.15) is 29.8 Å². The average molecular weight is 511 g/mol. The minimum absolute atomic E-state index is 0.0896. The maximum absolute atomic E-state index is 13.4. The number of carbonyl (C=O) groups excluding carboxylic acids is 1. The van der Waals surface area contributed by atoms with Crippen molar-refractivity contribution >= 4 is 33.6 Å². The van der Waals surface area contributed by atoms with Gasteiger partial charge in [0.25, 0.3) is 5.91 Å². The molecule has 0 aliphatic heterocycles. The summed E-state index contributed by atoms with van der Waals surface area (Å²) in [4.78, 5) is 12.6. The molecule has 0 saturated heterocycles. The molecule has 3 aromatic rings. The Kier molecular flexibility index (Phi) is 8.06. The van der Waals surface area contributed by atoms with Gasteiger partial charge in [-0.25, -0.2) is 4.39 Å². The van der Waals surface area contributed by atoms with E-state index in [0.717, 1.165) is 0 Å². The van der Waals surface area contributed by atoms with Crippen LogP contribution in [0.5, 0.6) is 17.2 Å². The summed E-state index contributed by atoms with van der Waals surface area (Å²) in [7, 11) is 3.03. The average Bonchev–Trinajstić information content (AvgIpc) is 2.82. The highest BCUT2D eigenvalue weighted by atomic mass is 79.9. The third-order valence-corrected chi connectivity index (χ3v) is 5.14. The number of carbonyl (C=O) groups is 1. The zero-order chi connectivity index (χ0) is 23.8. The summed E-state index contributed by atoms with van der Waals surface area (Å²) in [5.74, 6) is 0.560. The summed E-state index contributed by atoms with van der Waals surface area (Å²) in [6.45, 7) is 0.135. The quantitative estimate of drug-likeness (QED) is 0.309. The molecule has 0 aliphatic carbocycles. The number of anilines is 1. The lowest BCUT2D eigenvalue weighted by Gasteiger charge is -2.14. The van der Waals surface area contributed by atoms with Gasteiger partial charge in [-0.1, -0.05) is 12.1 Å². The Morgan fingerprint density at radius 1 is 1.12 bits per heavy atom. The molecule has 3 rings (SSSR count). The van der Waals surface area contributed by atoms with E-state index in [4.69, 9.17) is 14.2 Å². The molecule has 0 saturated carbocycles. The summed E-state index contributed by atoms with van der Waals surface area (Å²) in [6, 6.07) is 18.1. The number of halogens is 2. The molecule has 0 radical (unpaired) electrons. The van der Waals surface area contributed by atoms with Gasteiger partial charge in [-0.05, 0) is 81.7 Å². The van der Waals surface area contributed by atoms with E-state index in [0.29, 0.717) is 38.5 Å². The topological polar surface area (TPSA) is 80.6 Å². The molecular formula is C25H20BrFN2O4. The van der Waals surface area contributed by atoms with Crippen LogP contribution in [0.4, 0.5) is 10.1 Å². The first kappa shape index (κ1) is 23.8. The van der Waals surface area contributed by atoms with Crippen molar-refractivity contribution in [3.63, 3.8) is 0 Å². The van der Waals surface area contributed by atoms with Crippen molar-refractivity contribution in [1.82, 2.24) is 0 Å². The summed E-state index contributed by atoms with van der Waals surface area (Å²) in [6.07, 6.45) is 1.45. The van der Waals surface area contributed by atoms with Crippen LogP contribution < -0.4 is 19.5 Å². The van der Waals surface area contributed by atoms with Crippen LogP contribution in [0.2, 0.25) is 0 Å². The van der Waals surface area contributed by atoms with Gasteiger partial charge in [-0.2, -0.15) is 5.26 Å². The first-order valence-electron chi connectivity index (χ1n) is 9.75. The molecule has 6 nitrogen and oxygen atoms in total. The van der Waals surface area contributed by atoms with E-state index in [1.54, 1.807) is 55.6 Å². The Balaban J connectivity index is 1.79. The van der Waals surface area contributed by atoms with Gasteiger partial charge >= 0.3 is 0 Å². The molecule has 0 fully saturated rings. The Morgan fingerprint density at radius 2 is 1.88 bits per heavy atom. The number of nitriles is 1. The molecule has 0 atom stereocenters. The lowest BCUT2D eigenvalue weighted by Crippen LogP contribution is -2.13. The van der Waals surface area contributed by atoms with Crippen LogP contribution in [0.3, 0.4) is 0 Å². The molecule has 0 aliphatic rings. The third kappa shape index (κ3) is 6.34. The summed E-state index contributed by atoms with van der Waals surface area (Å²) in [5.41, 5.74) is 1.66. The van der Waals surface area contributed by atoms with E-state index in [1.165, 1.54) is 25.3 Å². The number of amides is 1. The number of hydrogen-bond donors (Lipinski definition) is 1. The zero-order valence-electron chi connectivity index (χ0n) is 17.9. The second-order valence-corrected chi connectivity index (χ2v) is 7.66. The Hall–Kier alpha value is -3.83. The lowest BCUT2D eigenvalue weighted by molar-refractivity contribution is -0.112. The second kappa shape index (κ2) is 11.2. The fourth-order valence-corrected chi connectivity index (χ4v) is 3.51. The summed E-state index contributed by atoms with van der Waals surface area (Å²) >= 11 is 3.44. The first-order chi connectivity index (χ1) is 15.9. The van der Waals surface area contributed by atoms with Crippen LogP contribution >= 0.6 is 15.9 Å². The van der Waals surface area contributed by atoms with Crippen LogP contribution in [0.1, 0.15) is 11.1 Å². The number of hydrogen-bond acceptors (Lipinski definition) is 5. The molecular weight excluding hydrogens is 491 g/mol. The van der Waals surface area contributed by atoms with Crippen molar-refractivity contribution in [2.24, 2.45) is 0 Å². The van der Waals surface area contributed by atoms with Gasteiger partial charge in [0.2, 0.25) is 0 Å². The van der Waals surface area contributed by atoms with E-state index < -0.39 is 5.91 Å². The van der Waals surface area contributed by atoms with E-state index in [1.807, 2.05) is 6.07 Å².